The van der Waals surface area contributed by atoms with Crippen molar-refractivity contribution in [2.24, 2.45) is 0 Å². The molecule has 2 N–H and O–H groups in total. The standard InChI is InChI=1S/C19H24N2O2S2/c1-3-5-11-20-19(24)21-17-16(18(22)23-4-2)13-15(25-17)12-14-9-7-6-8-10-14/h6-10,13H,3-5,11-12H2,1-2H3,(H2,20,21,24). The van der Waals surface area contributed by atoms with Gasteiger partial charge in [0.15, 0.2) is 5.11 Å². The van der Waals surface area contributed by atoms with E-state index in [4.69, 9.17) is 17.0 Å². The van der Waals surface area contributed by atoms with Crippen molar-refractivity contribution in [3.63, 3.8) is 0 Å². The predicted molar refractivity (Wildman–Crippen MR) is 109 cm³/mol. The number of benzene rings is 1. The van der Waals surface area contributed by atoms with E-state index in [0.29, 0.717) is 17.3 Å². The monoisotopic (exact) mass is 376 g/mol. The molecule has 1 aromatic carbocycles. The average molecular weight is 377 g/mol. The second-order valence-electron chi connectivity index (χ2n) is 5.57. The number of unbranched alkanes of at least 4 members (excludes halogenated alkanes) is 1. The maximum atomic E-state index is 12.3. The number of rotatable bonds is 8. The van der Waals surface area contributed by atoms with E-state index in [2.05, 4.69) is 29.7 Å². The first kappa shape index (κ1) is 19.4. The zero-order valence-electron chi connectivity index (χ0n) is 14.6. The molecule has 0 saturated carbocycles. The Morgan fingerprint density at radius 3 is 2.68 bits per heavy atom. The Bertz CT molecular complexity index is 699. The highest BCUT2D eigenvalue weighted by atomic mass is 32.1. The van der Waals surface area contributed by atoms with Gasteiger partial charge in [-0.1, -0.05) is 43.7 Å². The lowest BCUT2D eigenvalue weighted by molar-refractivity contribution is 0.0528. The summed E-state index contributed by atoms with van der Waals surface area (Å²) in [4.78, 5) is 13.3. The first-order valence-corrected chi connectivity index (χ1v) is 9.75. The number of nitrogens with one attached hydrogen (secondary N) is 2. The van der Waals surface area contributed by atoms with Crippen molar-refractivity contribution in [2.45, 2.75) is 33.1 Å². The van der Waals surface area contributed by atoms with Crippen LogP contribution in [0.3, 0.4) is 0 Å². The Hall–Kier alpha value is -1.92. The normalized spacial score (nSPS) is 10.3. The summed E-state index contributed by atoms with van der Waals surface area (Å²) < 4.78 is 5.18. The minimum Gasteiger partial charge on any atom is -0.462 e. The number of thiocarbonyl (C=S) groups is 1. The van der Waals surface area contributed by atoms with Gasteiger partial charge in [-0.2, -0.15) is 0 Å². The first-order chi connectivity index (χ1) is 12.1. The molecule has 6 heteroatoms. The third kappa shape index (κ3) is 6.14. The number of thiophene rings is 1. The Kier molecular flexibility index (Phi) is 7.88. The Labute approximate surface area is 158 Å². The molecule has 1 aromatic heterocycles. The van der Waals surface area contributed by atoms with E-state index in [0.717, 1.165) is 35.7 Å². The number of carbonyl (C=O) groups is 1. The first-order valence-electron chi connectivity index (χ1n) is 8.52. The van der Waals surface area contributed by atoms with E-state index >= 15 is 0 Å². The Morgan fingerprint density at radius 1 is 1.24 bits per heavy atom. The van der Waals surface area contributed by atoms with Crippen molar-refractivity contribution < 1.29 is 9.53 Å². The van der Waals surface area contributed by atoms with E-state index < -0.39 is 0 Å². The molecule has 0 aliphatic carbocycles. The fourth-order valence-corrected chi connectivity index (χ4v) is 3.66. The third-order valence-corrected chi connectivity index (χ3v) is 4.84. The summed E-state index contributed by atoms with van der Waals surface area (Å²) in [6.07, 6.45) is 2.93. The lowest BCUT2D eigenvalue weighted by Gasteiger charge is -2.10. The van der Waals surface area contributed by atoms with Gasteiger partial charge in [0.05, 0.1) is 12.2 Å². The van der Waals surface area contributed by atoms with Crippen LogP contribution in [0.15, 0.2) is 36.4 Å². The molecule has 4 nitrogen and oxygen atoms in total. The van der Waals surface area contributed by atoms with Gasteiger partial charge < -0.3 is 15.4 Å². The average Bonchev–Trinajstić information content (AvgIpc) is 2.98. The van der Waals surface area contributed by atoms with E-state index in [1.54, 1.807) is 6.92 Å². The van der Waals surface area contributed by atoms with E-state index in [9.17, 15) is 4.79 Å². The molecule has 0 radical (unpaired) electrons. The largest absolute Gasteiger partial charge is 0.462 e. The lowest BCUT2D eigenvalue weighted by atomic mass is 10.1. The Balaban J connectivity index is 2.14. The molecular weight excluding hydrogens is 352 g/mol. The summed E-state index contributed by atoms with van der Waals surface area (Å²) in [7, 11) is 0. The molecule has 0 unspecified atom stereocenters. The molecule has 2 aromatic rings. The summed E-state index contributed by atoms with van der Waals surface area (Å²) in [5.74, 6) is -0.322. The predicted octanol–water partition coefficient (Wildman–Crippen LogP) is 4.60. The number of anilines is 1. The zero-order valence-corrected chi connectivity index (χ0v) is 16.3. The summed E-state index contributed by atoms with van der Waals surface area (Å²) >= 11 is 6.87. The summed E-state index contributed by atoms with van der Waals surface area (Å²) in [5, 5.41) is 7.59. The van der Waals surface area contributed by atoms with Crippen LogP contribution in [0.25, 0.3) is 0 Å². The molecule has 0 bridgehead atoms. The van der Waals surface area contributed by atoms with Crippen LogP contribution in [0.5, 0.6) is 0 Å². The molecule has 2 rings (SSSR count). The minimum absolute atomic E-state index is 0.322. The number of hydrogen-bond donors (Lipinski definition) is 2. The molecule has 0 saturated heterocycles. The van der Waals surface area contributed by atoms with Crippen LogP contribution in [0, 0.1) is 0 Å². The summed E-state index contributed by atoms with van der Waals surface area (Å²) in [5.41, 5.74) is 1.74. The quantitative estimate of drug-likeness (QED) is 0.400. The molecule has 0 aliphatic rings. The van der Waals surface area contributed by atoms with Crippen molar-refractivity contribution in [1.29, 1.82) is 0 Å². The van der Waals surface area contributed by atoms with Crippen molar-refractivity contribution in [3.8, 4) is 0 Å². The van der Waals surface area contributed by atoms with Gasteiger partial charge in [-0.15, -0.1) is 11.3 Å². The molecule has 0 amide bonds. The fourth-order valence-electron chi connectivity index (χ4n) is 2.31. The molecule has 0 atom stereocenters. The maximum absolute atomic E-state index is 12.3. The van der Waals surface area contributed by atoms with Gasteiger partial charge in [-0.3, -0.25) is 0 Å². The third-order valence-electron chi connectivity index (χ3n) is 3.54. The number of ether oxygens (including phenoxy) is 1. The van der Waals surface area contributed by atoms with Crippen LogP contribution in [-0.2, 0) is 11.2 Å². The number of carbonyl (C=O) groups excluding carboxylic acids is 1. The van der Waals surface area contributed by atoms with Crippen LogP contribution in [0.2, 0.25) is 0 Å². The second-order valence-corrected chi connectivity index (χ2v) is 7.12. The highest BCUT2D eigenvalue weighted by Crippen LogP contribution is 2.30. The second kappa shape index (κ2) is 10.2. The van der Waals surface area contributed by atoms with Gasteiger partial charge in [0.1, 0.15) is 5.00 Å². The van der Waals surface area contributed by atoms with Gasteiger partial charge in [0, 0.05) is 17.8 Å². The van der Waals surface area contributed by atoms with Gasteiger partial charge in [-0.05, 0) is 37.2 Å². The van der Waals surface area contributed by atoms with Crippen molar-refractivity contribution >= 4 is 39.6 Å². The zero-order chi connectivity index (χ0) is 18.1. The highest BCUT2D eigenvalue weighted by molar-refractivity contribution is 7.80. The van der Waals surface area contributed by atoms with Crippen LogP contribution < -0.4 is 10.6 Å². The lowest BCUT2D eigenvalue weighted by Crippen LogP contribution is -2.29. The molecule has 0 aliphatic heterocycles. The van der Waals surface area contributed by atoms with Gasteiger partial charge >= 0.3 is 5.97 Å². The van der Waals surface area contributed by atoms with Crippen LogP contribution in [0.4, 0.5) is 5.00 Å². The van der Waals surface area contributed by atoms with E-state index in [1.807, 2.05) is 24.3 Å². The van der Waals surface area contributed by atoms with Crippen molar-refractivity contribution in [2.75, 3.05) is 18.5 Å². The maximum Gasteiger partial charge on any atom is 0.341 e. The van der Waals surface area contributed by atoms with E-state index in [-0.39, 0.29) is 5.97 Å². The van der Waals surface area contributed by atoms with Crippen molar-refractivity contribution in [3.05, 3.63) is 52.4 Å². The van der Waals surface area contributed by atoms with Gasteiger partial charge in [-0.25, -0.2) is 4.79 Å². The molecule has 0 spiro atoms. The smallest absolute Gasteiger partial charge is 0.341 e. The fraction of sp³-hybridized carbons (Fsp3) is 0.368. The highest BCUT2D eigenvalue weighted by Gasteiger charge is 2.18. The van der Waals surface area contributed by atoms with Crippen molar-refractivity contribution in [1.82, 2.24) is 5.32 Å². The summed E-state index contributed by atoms with van der Waals surface area (Å²) in [6, 6.07) is 12.1. The molecule has 134 valence electrons. The van der Waals surface area contributed by atoms with Crippen LogP contribution >= 0.6 is 23.6 Å². The van der Waals surface area contributed by atoms with Gasteiger partial charge in [0.2, 0.25) is 0 Å². The molecule has 1 heterocycles. The topological polar surface area (TPSA) is 50.4 Å². The van der Waals surface area contributed by atoms with Crippen LogP contribution in [0.1, 0.15) is 47.5 Å². The molecule has 25 heavy (non-hydrogen) atoms. The molecular formula is C19H24N2O2S2. The van der Waals surface area contributed by atoms with Crippen LogP contribution in [-0.4, -0.2) is 24.2 Å². The minimum atomic E-state index is -0.322. The molecule has 0 fully saturated rings. The van der Waals surface area contributed by atoms with E-state index in [1.165, 1.54) is 16.9 Å². The Morgan fingerprint density at radius 2 is 2.00 bits per heavy atom. The van der Waals surface area contributed by atoms with Gasteiger partial charge in [0.25, 0.3) is 0 Å². The SMILES string of the molecule is CCCCNC(=S)Nc1sc(Cc2ccccc2)cc1C(=O)OCC. The number of hydrogen-bond acceptors (Lipinski definition) is 4. The summed E-state index contributed by atoms with van der Waals surface area (Å²) in [6.45, 7) is 5.10. The number of esters is 1.